The lowest BCUT2D eigenvalue weighted by molar-refractivity contribution is -0.126. The SMILES string of the molecule is CCC1(C)CN(C2CCCCC2)c2nc(Nc3ccc(C(=O)NC4CCN(C)CC4)cc3OC)ncc2N(C)C1=O. The Hall–Kier alpha value is -3.40. The summed E-state index contributed by atoms with van der Waals surface area (Å²) in [5.41, 5.74) is 1.45. The van der Waals surface area contributed by atoms with Gasteiger partial charge < -0.3 is 30.1 Å². The number of ether oxygens (including phenoxy) is 1. The molecule has 1 aromatic carbocycles. The van der Waals surface area contributed by atoms with Gasteiger partial charge in [0.15, 0.2) is 5.82 Å². The lowest BCUT2D eigenvalue weighted by Gasteiger charge is -2.38. The zero-order chi connectivity index (χ0) is 29.1. The molecule has 3 heterocycles. The number of carbonyl (C=O) groups is 2. The topological polar surface area (TPSA) is 103 Å². The highest BCUT2D eigenvalue weighted by Gasteiger charge is 2.43. The van der Waals surface area contributed by atoms with E-state index < -0.39 is 5.41 Å². The lowest BCUT2D eigenvalue weighted by atomic mass is 9.84. The molecule has 1 saturated carbocycles. The summed E-state index contributed by atoms with van der Waals surface area (Å²) >= 11 is 0. The van der Waals surface area contributed by atoms with Crippen molar-refractivity contribution in [2.75, 3.05) is 56.0 Å². The number of hydrogen-bond acceptors (Lipinski definition) is 8. The molecule has 1 unspecified atom stereocenters. The van der Waals surface area contributed by atoms with Gasteiger partial charge in [-0.05, 0) is 77.4 Å². The van der Waals surface area contributed by atoms with Crippen LogP contribution in [-0.2, 0) is 4.79 Å². The molecular weight excluding hydrogens is 518 g/mol. The van der Waals surface area contributed by atoms with Crippen LogP contribution in [0.25, 0.3) is 0 Å². The normalized spacial score (nSPS) is 22.7. The monoisotopic (exact) mass is 563 g/mol. The van der Waals surface area contributed by atoms with E-state index in [-0.39, 0.29) is 17.9 Å². The van der Waals surface area contributed by atoms with Gasteiger partial charge in [0.25, 0.3) is 5.91 Å². The third-order valence-corrected chi connectivity index (χ3v) is 9.28. The largest absolute Gasteiger partial charge is 0.495 e. The first-order valence-corrected chi connectivity index (χ1v) is 15.1. The molecule has 1 aliphatic carbocycles. The Labute approximate surface area is 243 Å². The van der Waals surface area contributed by atoms with Crippen LogP contribution in [0.3, 0.4) is 0 Å². The van der Waals surface area contributed by atoms with Crippen molar-refractivity contribution in [2.24, 2.45) is 5.41 Å². The Morgan fingerprint density at radius 3 is 2.54 bits per heavy atom. The van der Waals surface area contributed by atoms with E-state index in [0.29, 0.717) is 35.5 Å². The number of hydrogen-bond donors (Lipinski definition) is 2. The number of carbonyl (C=O) groups excluding carboxylic acids is 2. The smallest absolute Gasteiger partial charge is 0.251 e. The number of likely N-dealkylation sites (tertiary alicyclic amines) is 1. The molecule has 2 fully saturated rings. The number of piperidine rings is 1. The second-order valence-electron chi connectivity index (χ2n) is 12.2. The van der Waals surface area contributed by atoms with E-state index in [1.807, 2.05) is 13.1 Å². The fourth-order valence-corrected chi connectivity index (χ4v) is 6.34. The highest BCUT2D eigenvalue weighted by Crippen LogP contribution is 2.41. The van der Waals surface area contributed by atoms with Gasteiger partial charge >= 0.3 is 0 Å². The zero-order valence-corrected chi connectivity index (χ0v) is 25.2. The van der Waals surface area contributed by atoms with Gasteiger partial charge in [0.2, 0.25) is 11.9 Å². The predicted molar refractivity (Wildman–Crippen MR) is 162 cm³/mol. The Morgan fingerprint density at radius 1 is 1.12 bits per heavy atom. The number of anilines is 4. The van der Waals surface area contributed by atoms with Gasteiger partial charge in [-0.2, -0.15) is 4.98 Å². The van der Waals surface area contributed by atoms with E-state index in [0.717, 1.165) is 56.7 Å². The van der Waals surface area contributed by atoms with Crippen LogP contribution in [-0.4, -0.2) is 79.6 Å². The van der Waals surface area contributed by atoms with Gasteiger partial charge in [-0.25, -0.2) is 4.98 Å². The minimum Gasteiger partial charge on any atom is -0.495 e. The van der Waals surface area contributed by atoms with E-state index in [2.05, 4.69) is 46.3 Å². The van der Waals surface area contributed by atoms with Crippen molar-refractivity contribution in [2.45, 2.75) is 77.3 Å². The number of benzene rings is 1. The molecule has 222 valence electrons. The minimum absolute atomic E-state index is 0.0968. The Kier molecular flexibility index (Phi) is 8.68. The molecule has 5 rings (SSSR count). The van der Waals surface area contributed by atoms with Gasteiger partial charge in [-0.1, -0.05) is 26.2 Å². The molecule has 2 amide bonds. The molecule has 2 aromatic rings. The van der Waals surface area contributed by atoms with Crippen molar-refractivity contribution in [1.29, 1.82) is 0 Å². The van der Waals surface area contributed by atoms with Crippen LogP contribution < -0.4 is 25.2 Å². The summed E-state index contributed by atoms with van der Waals surface area (Å²) in [4.78, 5) is 42.5. The van der Waals surface area contributed by atoms with Crippen molar-refractivity contribution in [3.05, 3.63) is 30.0 Å². The summed E-state index contributed by atoms with van der Waals surface area (Å²) < 4.78 is 5.67. The summed E-state index contributed by atoms with van der Waals surface area (Å²) in [7, 11) is 5.53. The molecule has 2 aliphatic heterocycles. The second-order valence-corrected chi connectivity index (χ2v) is 12.2. The Balaban J connectivity index is 1.40. The van der Waals surface area contributed by atoms with Gasteiger partial charge in [0.1, 0.15) is 11.4 Å². The predicted octanol–water partition coefficient (Wildman–Crippen LogP) is 4.58. The third kappa shape index (κ3) is 6.12. The number of aromatic nitrogens is 2. The molecule has 10 heteroatoms. The van der Waals surface area contributed by atoms with Gasteiger partial charge in [0, 0.05) is 31.2 Å². The lowest BCUT2D eigenvalue weighted by Crippen LogP contribution is -2.47. The standard InChI is InChI=1S/C31H45N7O3/c1-6-31(2)20-38(23-10-8-7-9-11-23)27-25(37(4)29(31)40)19-32-30(35-27)34-24-13-12-21(18-26(24)41-5)28(39)33-22-14-16-36(3)17-15-22/h12-13,18-19,22-23H,6-11,14-17,20H2,1-5H3,(H,33,39)(H,32,34,35). The maximum Gasteiger partial charge on any atom is 0.251 e. The number of nitrogens with zero attached hydrogens (tertiary/aromatic N) is 5. The zero-order valence-electron chi connectivity index (χ0n) is 25.2. The Bertz CT molecular complexity index is 1260. The van der Waals surface area contributed by atoms with Crippen molar-refractivity contribution in [1.82, 2.24) is 20.2 Å². The molecule has 0 bridgehead atoms. The molecule has 1 aromatic heterocycles. The molecule has 0 spiro atoms. The summed E-state index contributed by atoms with van der Waals surface area (Å²) in [6.45, 7) is 6.75. The number of methoxy groups -OCH3 is 1. The second kappa shape index (κ2) is 12.2. The van der Waals surface area contributed by atoms with Crippen LogP contribution >= 0.6 is 0 Å². The van der Waals surface area contributed by atoms with Crippen molar-refractivity contribution in [3.63, 3.8) is 0 Å². The summed E-state index contributed by atoms with van der Waals surface area (Å²) in [6.07, 6.45) is 10.2. The molecule has 1 atom stereocenters. The number of rotatable bonds is 7. The summed E-state index contributed by atoms with van der Waals surface area (Å²) in [5, 5.41) is 6.48. The van der Waals surface area contributed by atoms with Crippen LogP contribution in [0.5, 0.6) is 5.75 Å². The fraction of sp³-hybridized carbons (Fsp3) is 0.613. The first kappa shape index (κ1) is 29.1. The maximum absolute atomic E-state index is 13.6. The van der Waals surface area contributed by atoms with Crippen LogP contribution in [0.4, 0.5) is 23.1 Å². The molecule has 0 radical (unpaired) electrons. The number of nitrogens with one attached hydrogen (secondary N) is 2. The highest BCUT2D eigenvalue weighted by molar-refractivity contribution is 6.01. The molecule has 41 heavy (non-hydrogen) atoms. The minimum atomic E-state index is -0.506. The van der Waals surface area contributed by atoms with Gasteiger partial charge in [0.05, 0.1) is 24.4 Å². The number of fused-ring (bicyclic) bond motifs is 1. The van der Waals surface area contributed by atoms with Crippen LogP contribution in [0.1, 0.15) is 75.6 Å². The quantitative estimate of drug-likeness (QED) is 0.505. The molecular formula is C31H45N7O3. The van der Waals surface area contributed by atoms with Crippen molar-refractivity contribution >= 4 is 35.0 Å². The first-order chi connectivity index (χ1) is 19.7. The van der Waals surface area contributed by atoms with Gasteiger partial charge in [-0.3, -0.25) is 9.59 Å². The molecule has 3 aliphatic rings. The van der Waals surface area contributed by atoms with E-state index in [1.54, 1.807) is 30.3 Å². The number of amides is 2. The first-order valence-electron chi connectivity index (χ1n) is 15.1. The van der Waals surface area contributed by atoms with Crippen molar-refractivity contribution in [3.8, 4) is 5.75 Å². The summed E-state index contributed by atoms with van der Waals surface area (Å²) in [5.74, 6) is 1.75. The molecule has 1 saturated heterocycles. The van der Waals surface area contributed by atoms with E-state index in [1.165, 1.54) is 19.3 Å². The summed E-state index contributed by atoms with van der Waals surface area (Å²) in [6, 6.07) is 5.91. The van der Waals surface area contributed by atoms with Crippen LogP contribution in [0.15, 0.2) is 24.4 Å². The van der Waals surface area contributed by atoms with E-state index in [4.69, 9.17) is 9.72 Å². The highest BCUT2D eigenvalue weighted by atomic mass is 16.5. The molecule has 10 nitrogen and oxygen atoms in total. The fourth-order valence-electron chi connectivity index (χ4n) is 6.34. The van der Waals surface area contributed by atoms with Crippen LogP contribution in [0, 0.1) is 5.41 Å². The average molecular weight is 564 g/mol. The van der Waals surface area contributed by atoms with E-state index >= 15 is 0 Å². The maximum atomic E-state index is 13.6. The third-order valence-electron chi connectivity index (χ3n) is 9.28. The molecule has 2 N–H and O–H groups in total. The van der Waals surface area contributed by atoms with E-state index in [9.17, 15) is 9.59 Å². The Morgan fingerprint density at radius 2 is 1.85 bits per heavy atom. The van der Waals surface area contributed by atoms with Gasteiger partial charge in [-0.15, -0.1) is 0 Å². The van der Waals surface area contributed by atoms with Crippen molar-refractivity contribution < 1.29 is 14.3 Å². The van der Waals surface area contributed by atoms with Crippen LogP contribution in [0.2, 0.25) is 0 Å². The average Bonchev–Trinajstić information content (AvgIpc) is 3.08.